The summed E-state index contributed by atoms with van der Waals surface area (Å²) in [5.74, 6) is 0.463. The van der Waals surface area contributed by atoms with Crippen molar-refractivity contribution in [2.45, 2.75) is 20.4 Å². The number of carbonyl (C=O) groups is 2. The molecule has 0 unspecified atom stereocenters. The van der Waals surface area contributed by atoms with Gasteiger partial charge in [-0.25, -0.2) is 13.9 Å². The van der Waals surface area contributed by atoms with E-state index in [0.717, 1.165) is 5.56 Å². The van der Waals surface area contributed by atoms with Crippen LogP contribution in [0.2, 0.25) is 0 Å². The summed E-state index contributed by atoms with van der Waals surface area (Å²) < 4.78 is 22.4. The number of aromatic nitrogens is 3. The molecule has 0 fully saturated rings. The van der Waals surface area contributed by atoms with Crippen molar-refractivity contribution in [2.24, 2.45) is 0 Å². The summed E-state index contributed by atoms with van der Waals surface area (Å²) in [5, 5.41) is 9.96. The molecule has 0 aliphatic rings. The number of amides is 2. The summed E-state index contributed by atoms with van der Waals surface area (Å²) >= 11 is 0. The van der Waals surface area contributed by atoms with Crippen molar-refractivity contribution in [2.75, 3.05) is 5.32 Å². The van der Waals surface area contributed by atoms with Crippen LogP contribution in [0.25, 0.3) is 16.9 Å². The van der Waals surface area contributed by atoms with Crippen LogP contribution in [0.3, 0.4) is 0 Å². The van der Waals surface area contributed by atoms with Gasteiger partial charge in [-0.1, -0.05) is 36.4 Å². The molecule has 0 aliphatic carbocycles. The maximum atomic E-state index is 14.9. The maximum Gasteiger partial charge on any atom is 0.251 e. The molecule has 9 heteroatoms. The Morgan fingerprint density at radius 3 is 2.55 bits per heavy atom. The van der Waals surface area contributed by atoms with Crippen LogP contribution < -0.4 is 15.4 Å². The van der Waals surface area contributed by atoms with Crippen molar-refractivity contribution >= 4 is 23.3 Å². The van der Waals surface area contributed by atoms with Crippen LogP contribution in [-0.2, 0) is 11.3 Å². The van der Waals surface area contributed by atoms with E-state index >= 15 is 0 Å². The molecule has 8 nitrogen and oxygen atoms in total. The lowest BCUT2D eigenvalue weighted by Gasteiger charge is -2.14. The summed E-state index contributed by atoms with van der Waals surface area (Å²) in [7, 11) is 0. The van der Waals surface area contributed by atoms with Gasteiger partial charge in [-0.15, -0.1) is 0 Å². The lowest BCUT2D eigenvalue weighted by molar-refractivity contribution is -0.114. The van der Waals surface area contributed by atoms with Gasteiger partial charge in [-0.2, -0.15) is 5.10 Å². The topological polar surface area (TPSA) is 97.6 Å². The molecule has 5 aromatic rings. The van der Waals surface area contributed by atoms with E-state index in [1.807, 2.05) is 54.6 Å². The number of nitrogens with zero attached hydrogens (tertiary/aromatic N) is 3. The number of anilines is 1. The molecule has 2 heterocycles. The molecule has 0 radical (unpaired) electrons. The van der Waals surface area contributed by atoms with Gasteiger partial charge in [0.1, 0.15) is 17.3 Å². The predicted octanol–water partition coefficient (Wildman–Crippen LogP) is 5.52. The molecule has 190 valence electrons. The fraction of sp³-hybridized carbons (Fsp3) is 0.103. The molecule has 0 saturated heterocycles. The van der Waals surface area contributed by atoms with E-state index in [4.69, 9.17) is 4.74 Å². The first-order valence-corrected chi connectivity index (χ1v) is 11.9. The largest absolute Gasteiger partial charge is 0.457 e. The molecule has 0 atom stereocenters. The quantitative estimate of drug-likeness (QED) is 0.301. The van der Waals surface area contributed by atoms with E-state index in [-0.39, 0.29) is 23.6 Å². The molecule has 0 spiro atoms. The molecule has 2 aromatic heterocycles. The molecule has 5 rings (SSSR count). The molecule has 0 bridgehead atoms. The van der Waals surface area contributed by atoms with E-state index in [1.165, 1.54) is 17.5 Å². The highest BCUT2D eigenvalue weighted by Crippen LogP contribution is 2.27. The third-order valence-electron chi connectivity index (χ3n) is 5.89. The van der Waals surface area contributed by atoms with Crippen LogP contribution in [0.5, 0.6) is 11.5 Å². The van der Waals surface area contributed by atoms with Gasteiger partial charge in [-0.05, 0) is 55.0 Å². The number of ether oxygens (including phenoxy) is 1. The van der Waals surface area contributed by atoms with Crippen molar-refractivity contribution in [3.63, 3.8) is 0 Å². The lowest BCUT2D eigenvalue weighted by atomic mass is 10.0. The van der Waals surface area contributed by atoms with Gasteiger partial charge in [0.25, 0.3) is 5.91 Å². The standard InChI is InChI=1S/C29H24FN5O3/c1-18-23(29(37)31-16-20-8-6-7-11-26(20)38-22-9-4-3-5-10-22)14-21(15-24(18)30)25-12-13-28-33-27(32-19(2)36)17-35(28)34-25/h3-15,17H,16H2,1-2H3,(H,31,37)(H,32,36). The average Bonchev–Trinajstić information content (AvgIpc) is 3.31. The minimum atomic E-state index is -0.521. The Balaban J connectivity index is 1.38. The van der Waals surface area contributed by atoms with Crippen LogP contribution in [0.1, 0.15) is 28.4 Å². The van der Waals surface area contributed by atoms with Crippen molar-refractivity contribution < 1.29 is 18.7 Å². The smallest absolute Gasteiger partial charge is 0.251 e. The Bertz CT molecular complexity index is 1650. The summed E-state index contributed by atoms with van der Waals surface area (Å²) in [5.41, 5.74) is 2.60. The molecule has 2 N–H and O–H groups in total. The average molecular weight is 510 g/mol. The van der Waals surface area contributed by atoms with Gasteiger partial charge in [0.15, 0.2) is 11.5 Å². The first-order valence-electron chi connectivity index (χ1n) is 11.9. The zero-order valence-corrected chi connectivity index (χ0v) is 20.7. The Morgan fingerprint density at radius 2 is 1.76 bits per heavy atom. The minimum absolute atomic E-state index is 0.193. The molecule has 38 heavy (non-hydrogen) atoms. The van der Waals surface area contributed by atoms with Crippen LogP contribution in [0.15, 0.2) is 85.1 Å². The summed E-state index contributed by atoms with van der Waals surface area (Å²) in [6.45, 7) is 3.14. The van der Waals surface area contributed by atoms with E-state index in [9.17, 15) is 14.0 Å². The fourth-order valence-electron chi connectivity index (χ4n) is 3.97. The normalized spacial score (nSPS) is 10.8. The number of fused-ring (bicyclic) bond motifs is 1. The third kappa shape index (κ3) is 5.36. The molecule has 0 aliphatic heterocycles. The Hall–Kier alpha value is -5.05. The highest BCUT2D eigenvalue weighted by atomic mass is 19.1. The minimum Gasteiger partial charge on any atom is -0.457 e. The van der Waals surface area contributed by atoms with E-state index < -0.39 is 11.7 Å². The fourth-order valence-corrected chi connectivity index (χ4v) is 3.97. The zero-order valence-electron chi connectivity index (χ0n) is 20.7. The van der Waals surface area contributed by atoms with Gasteiger partial charge < -0.3 is 15.4 Å². The highest BCUT2D eigenvalue weighted by molar-refractivity contribution is 5.97. The molecule has 3 aromatic carbocycles. The van der Waals surface area contributed by atoms with Gasteiger partial charge in [-0.3, -0.25) is 9.59 Å². The number of para-hydroxylation sites is 2. The lowest BCUT2D eigenvalue weighted by Crippen LogP contribution is -2.24. The van der Waals surface area contributed by atoms with Crippen molar-refractivity contribution in [3.05, 3.63) is 108 Å². The van der Waals surface area contributed by atoms with E-state index in [0.29, 0.717) is 34.2 Å². The number of hydrogen-bond acceptors (Lipinski definition) is 5. The van der Waals surface area contributed by atoms with Gasteiger partial charge in [0, 0.05) is 30.2 Å². The third-order valence-corrected chi connectivity index (χ3v) is 5.89. The first-order chi connectivity index (χ1) is 18.4. The van der Waals surface area contributed by atoms with Gasteiger partial charge in [0.2, 0.25) is 5.91 Å². The van der Waals surface area contributed by atoms with Crippen LogP contribution in [0, 0.1) is 12.7 Å². The van der Waals surface area contributed by atoms with Crippen molar-refractivity contribution in [3.8, 4) is 22.8 Å². The summed E-state index contributed by atoms with van der Waals surface area (Å²) in [4.78, 5) is 28.8. The Labute approximate surface area is 218 Å². The van der Waals surface area contributed by atoms with Crippen LogP contribution >= 0.6 is 0 Å². The predicted molar refractivity (Wildman–Crippen MR) is 142 cm³/mol. The number of carbonyl (C=O) groups excluding carboxylic acids is 2. The molecule has 0 saturated carbocycles. The van der Waals surface area contributed by atoms with Gasteiger partial charge >= 0.3 is 0 Å². The summed E-state index contributed by atoms with van der Waals surface area (Å²) in [6, 6.07) is 23.1. The highest BCUT2D eigenvalue weighted by Gasteiger charge is 2.17. The second-order valence-corrected chi connectivity index (χ2v) is 8.66. The van der Waals surface area contributed by atoms with Crippen LogP contribution in [-0.4, -0.2) is 26.4 Å². The number of hydrogen-bond donors (Lipinski definition) is 2. The van der Waals surface area contributed by atoms with Gasteiger partial charge in [0.05, 0.1) is 11.9 Å². The maximum absolute atomic E-state index is 14.9. The molecule has 2 amide bonds. The monoisotopic (exact) mass is 509 g/mol. The summed E-state index contributed by atoms with van der Waals surface area (Å²) in [6.07, 6.45) is 1.56. The number of halogens is 1. The zero-order chi connectivity index (χ0) is 26.6. The molecular weight excluding hydrogens is 485 g/mol. The Morgan fingerprint density at radius 1 is 1.00 bits per heavy atom. The second-order valence-electron chi connectivity index (χ2n) is 8.66. The number of benzene rings is 3. The second kappa shape index (κ2) is 10.5. The van der Waals surface area contributed by atoms with Crippen LogP contribution in [0.4, 0.5) is 10.2 Å². The number of imidazole rings is 1. The van der Waals surface area contributed by atoms with Crippen molar-refractivity contribution in [1.82, 2.24) is 19.9 Å². The number of nitrogens with one attached hydrogen (secondary N) is 2. The molecular formula is C29H24FN5O3. The van der Waals surface area contributed by atoms with Crippen molar-refractivity contribution in [1.29, 1.82) is 0 Å². The first kappa shape index (κ1) is 24.6. The number of rotatable bonds is 7. The Kier molecular flexibility index (Phi) is 6.82. The SMILES string of the molecule is CC(=O)Nc1cn2nc(-c3cc(F)c(C)c(C(=O)NCc4ccccc4Oc4ccccc4)c3)ccc2n1. The van der Waals surface area contributed by atoms with E-state index in [2.05, 4.69) is 20.7 Å². The van der Waals surface area contributed by atoms with E-state index in [1.54, 1.807) is 31.3 Å².